The minimum absolute atomic E-state index is 0. The van der Waals surface area contributed by atoms with Crippen LogP contribution in [0, 0.1) is 0 Å². The Morgan fingerprint density at radius 3 is 2.87 bits per heavy atom. The van der Waals surface area contributed by atoms with E-state index < -0.39 is 16.1 Å². The molecule has 1 aromatic rings. The van der Waals surface area contributed by atoms with Gasteiger partial charge < -0.3 is 10.6 Å². The number of nitrogens with zero attached hydrogens (tertiary/aromatic N) is 1. The molecule has 2 fully saturated rings. The van der Waals surface area contributed by atoms with Crippen molar-refractivity contribution in [2.24, 2.45) is 0 Å². The molecule has 9 heteroatoms. The zero-order chi connectivity index (χ0) is 15.6. The Hall–Kier alpha value is -0.670. The van der Waals surface area contributed by atoms with Gasteiger partial charge in [-0.2, -0.15) is 4.31 Å². The fourth-order valence-electron chi connectivity index (χ4n) is 3.09. The third-order valence-electron chi connectivity index (χ3n) is 4.25. The van der Waals surface area contributed by atoms with Crippen molar-refractivity contribution >= 4 is 39.7 Å². The highest BCUT2D eigenvalue weighted by Gasteiger charge is 2.39. The summed E-state index contributed by atoms with van der Waals surface area (Å²) in [4.78, 5) is 12.4. The average Bonchev–Trinajstić information content (AvgIpc) is 3.26. The van der Waals surface area contributed by atoms with Gasteiger partial charge in [-0.1, -0.05) is 6.07 Å². The van der Waals surface area contributed by atoms with Gasteiger partial charge in [0.05, 0.1) is 0 Å². The minimum Gasteiger partial charge on any atom is -0.353 e. The molecule has 3 rings (SSSR count). The number of nitrogens with one attached hydrogen (secondary N) is 2. The van der Waals surface area contributed by atoms with Gasteiger partial charge in [-0.25, -0.2) is 8.42 Å². The van der Waals surface area contributed by atoms with Crippen LogP contribution in [0.15, 0.2) is 21.7 Å². The molecule has 2 saturated heterocycles. The van der Waals surface area contributed by atoms with Crippen molar-refractivity contribution in [1.29, 1.82) is 0 Å². The zero-order valence-electron chi connectivity index (χ0n) is 12.7. The van der Waals surface area contributed by atoms with Crippen LogP contribution < -0.4 is 10.6 Å². The van der Waals surface area contributed by atoms with Gasteiger partial charge in [0.2, 0.25) is 5.91 Å². The van der Waals surface area contributed by atoms with E-state index in [1.165, 1.54) is 15.6 Å². The zero-order valence-corrected chi connectivity index (χ0v) is 15.2. The first-order chi connectivity index (χ1) is 10.6. The second kappa shape index (κ2) is 7.94. The van der Waals surface area contributed by atoms with Crippen LogP contribution in [0.5, 0.6) is 0 Å². The van der Waals surface area contributed by atoms with E-state index in [2.05, 4.69) is 10.6 Å². The molecule has 0 saturated carbocycles. The largest absolute Gasteiger partial charge is 0.353 e. The third-order valence-corrected chi connectivity index (χ3v) is 7.53. The maximum absolute atomic E-state index is 12.6. The Bertz CT molecular complexity index is 615. The first-order valence-corrected chi connectivity index (χ1v) is 9.97. The highest BCUT2D eigenvalue weighted by atomic mass is 35.5. The van der Waals surface area contributed by atoms with E-state index in [1.807, 2.05) is 0 Å². The summed E-state index contributed by atoms with van der Waals surface area (Å²) >= 11 is 1.19. The SMILES string of the molecule is Cl.O=C(NCC1CCCN1)C1CCCN1S(=O)(=O)c1cccs1. The third kappa shape index (κ3) is 4.06. The van der Waals surface area contributed by atoms with Crippen LogP contribution in [-0.2, 0) is 14.8 Å². The number of rotatable bonds is 5. The molecule has 1 aromatic heterocycles. The van der Waals surface area contributed by atoms with E-state index in [0.717, 1.165) is 25.8 Å². The van der Waals surface area contributed by atoms with Crippen LogP contribution in [0.3, 0.4) is 0 Å². The summed E-state index contributed by atoms with van der Waals surface area (Å²) in [5.74, 6) is -0.175. The van der Waals surface area contributed by atoms with Gasteiger partial charge in [-0.05, 0) is 43.7 Å². The molecule has 0 aromatic carbocycles. The molecule has 0 radical (unpaired) electrons. The monoisotopic (exact) mass is 379 g/mol. The second-order valence-electron chi connectivity index (χ2n) is 5.74. The van der Waals surface area contributed by atoms with Crippen LogP contribution in [0.4, 0.5) is 0 Å². The molecule has 0 spiro atoms. The highest BCUT2D eigenvalue weighted by molar-refractivity contribution is 7.91. The molecule has 2 unspecified atom stereocenters. The van der Waals surface area contributed by atoms with Crippen molar-refractivity contribution in [3.05, 3.63) is 17.5 Å². The summed E-state index contributed by atoms with van der Waals surface area (Å²) in [6.45, 7) is 1.98. The normalized spacial score (nSPS) is 25.2. The number of halogens is 1. The average molecular weight is 380 g/mol. The quantitative estimate of drug-likeness (QED) is 0.805. The summed E-state index contributed by atoms with van der Waals surface area (Å²) in [6, 6.07) is 3.05. The maximum atomic E-state index is 12.6. The number of hydrogen-bond donors (Lipinski definition) is 2. The summed E-state index contributed by atoms with van der Waals surface area (Å²) in [6.07, 6.45) is 3.50. The summed E-state index contributed by atoms with van der Waals surface area (Å²) in [5, 5.41) is 7.97. The Morgan fingerprint density at radius 1 is 1.39 bits per heavy atom. The van der Waals surface area contributed by atoms with Crippen molar-refractivity contribution < 1.29 is 13.2 Å². The molecule has 3 heterocycles. The number of thiophene rings is 1. The Kier molecular flexibility index (Phi) is 6.44. The molecule has 2 aliphatic rings. The van der Waals surface area contributed by atoms with Gasteiger partial charge in [-0.3, -0.25) is 4.79 Å². The first kappa shape index (κ1) is 18.7. The predicted molar refractivity (Wildman–Crippen MR) is 92.5 cm³/mol. The molecule has 0 aliphatic carbocycles. The van der Waals surface area contributed by atoms with Gasteiger partial charge in [0.25, 0.3) is 10.0 Å². The molecular weight excluding hydrogens is 358 g/mol. The molecule has 23 heavy (non-hydrogen) atoms. The summed E-state index contributed by atoms with van der Waals surface area (Å²) < 4.78 is 26.9. The molecule has 2 aliphatic heterocycles. The van der Waals surface area contributed by atoms with Crippen molar-refractivity contribution in [3.8, 4) is 0 Å². The Morgan fingerprint density at radius 2 is 2.22 bits per heavy atom. The van der Waals surface area contributed by atoms with Gasteiger partial charge >= 0.3 is 0 Å². The van der Waals surface area contributed by atoms with Crippen LogP contribution >= 0.6 is 23.7 Å². The fourth-order valence-corrected chi connectivity index (χ4v) is 5.86. The number of sulfonamides is 1. The topological polar surface area (TPSA) is 78.5 Å². The lowest BCUT2D eigenvalue weighted by Crippen LogP contribution is -2.48. The van der Waals surface area contributed by atoms with E-state index in [9.17, 15) is 13.2 Å². The number of amides is 1. The lowest BCUT2D eigenvalue weighted by molar-refractivity contribution is -0.124. The Balaban J connectivity index is 0.00000192. The first-order valence-electron chi connectivity index (χ1n) is 7.65. The van der Waals surface area contributed by atoms with Gasteiger partial charge in [0.1, 0.15) is 10.3 Å². The molecule has 130 valence electrons. The molecular formula is C14H22ClN3O3S2. The van der Waals surface area contributed by atoms with Crippen LogP contribution in [-0.4, -0.2) is 50.3 Å². The van der Waals surface area contributed by atoms with E-state index in [0.29, 0.717) is 29.8 Å². The predicted octanol–water partition coefficient (Wildman–Crippen LogP) is 1.19. The lowest BCUT2D eigenvalue weighted by Gasteiger charge is -2.23. The standard InChI is InChI=1S/C14H21N3O3S2.ClH/c18-14(16-10-11-4-1-7-15-11)12-5-2-8-17(12)22(19,20)13-6-3-9-21-13;/h3,6,9,11-12,15H,1-2,4-5,7-8,10H2,(H,16,18);1H. The van der Waals surface area contributed by atoms with Crippen molar-refractivity contribution in [1.82, 2.24) is 14.9 Å². The van der Waals surface area contributed by atoms with Crippen molar-refractivity contribution in [2.75, 3.05) is 19.6 Å². The summed E-state index contributed by atoms with van der Waals surface area (Å²) in [7, 11) is -3.55. The van der Waals surface area contributed by atoms with E-state index in [1.54, 1.807) is 17.5 Å². The van der Waals surface area contributed by atoms with Crippen molar-refractivity contribution in [2.45, 2.75) is 42.0 Å². The maximum Gasteiger partial charge on any atom is 0.253 e. The highest BCUT2D eigenvalue weighted by Crippen LogP contribution is 2.28. The smallest absolute Gasteiger partial charge is 0.253 e. The van der Waals surface area contributed by atoms with Gasteiger partial charge in [0, 0.05) is 19.1 Å². The molecule has 2 N–H and O–H groups in total. The summed E-state index contributed by atoms with van der Waals surface area (Å²) in [5.41, 5.74) is 0. The van der Waals surface area contributed by atoms with Crippen LogP contribution in [0.2, 0.25) is 0 Å². The second-order valence-corrected chi connectivity index (χ2v) is 8.81. The fraction of sp³-hybridized carbons (Fsp3) is 0.643. The van der Waals surface area contributed by atoms with E-state index in [4.69, 9.17) is 0 Å². The molecule has 0 bridgehead atoms. The number of carbonyl (C=O) groups is 1. The molecule has 1 amide bonds. The number of carbonyl (C=O) groups excluding carboxylic acids is 1. The van der Waals surface area contributed by atoms with Gasteiger partial charge in [-0.15, -0.1) is 23.7 Å². The lowest BCUT2D eigenvalue weighted by atomic mass is 10.2. The minimum atomic E-state index is -3.55. The number of hydrogen-bond acceptors (Lipinski definition) is 5. The van der Waals surface area contributed by atoms with E-state index in [-0.39, 0.29) is 18.3 Å². The molecule has 2 atom stereocenters. The van der Waals surface area contributed by atoms with Crippen LogP contribution in [0.1, 0.15) is 25.7 Å². The van der Waals surface area contributed by atoms with E-state index >= 15 is 0 Å². The molecule has 6 nitrogen and oxygen atoms in total. The van der Waals surface area contributed by atoms with Crippen LogP contribution in [0.25, 0.3) is 0 Å². The Labute approximate surface area is 147 Å². The van der Waals surface area contributed by atoms with Crippen molar-refractivity contribution in [3.63, 3.8) is 0 Å². The van der Waals surface area contributed by atoms with Gasteiger partial charge in [0.15, 0.2) is 0 Å².